The molecule has 0 spiro atoms. The van der Waals surface area contributed by atoms with Crippen molar-refractivity contribution in [1.82, 2.24) is 9.78 Å². The number of nitrogens with one attached hydrogen (secondary N) is 1. The minimum absolute atomic E-state index is 0.319. The van der Waals surface area contributed by atoms with Gasteiger partial charge in [-0.3, -0.25) is 4.79 Å². The Kier molecular flexibility index (Phi) is 6.82. The fraction of sp³-hybridized carbons (Fsp3) is 0.154. The topological polar surface area (TPSA) is 65.4 Å². The summed E-state index contributed by atoms with van der Waals surface area (Å²) in [6.07, 6.45) is 0. The summed E-state index contributed by atoms with van der Waals surface area (Å²) in [6.45, 7) is 4.02. The molecule has 1 N–H and O–H groups in total. The third-order valence-electron chi connectivity index (χ3n) is 5.54. The Hall–Kier alpha value is -3.48. The highest BCUT2D eigenvalue weighted by Crippen LogP contribution is 2.34. The van der Waals surface area contributed by atoms with E-state index in [9.17, 15) is 4.79 Å². The highest BCUT2D eigenvalue weighted by Gasteiger charge is 2.21. The van der Waals surface area contributed by atoms with Crippen molar-refractivity contribution in [2.45, 2.75) is 13.8 Å². The SMILES string of the molecule is COc1ccc(-c2cc(C(=O)Nc3ccc(C)c(C)c3)n(-c3ccc(Cl)c(Cl)c3)n2)c(OC)c1. The predicted octanol–water partition coefficient (Wildman–Crippen LogP) is 6.73. The van der Waals surface area contributed by atoms with Gasteiger partial charge in [-0.25, -0.2) is 4.68 Å². The zero-order valence-electron chi connectivity index (χ0n) is 19.1. The lowest BCUT2D eigenvalue weighted by Gasteiger charge is -2.10. The van der Waals surface area contributed by atoms with Crippen LogP contribution >= 0.6 is 23.2 Å². The number of carbonyl (C=O) groups is 1. The van der Waals surface area contributed by atoms with E-state index in [1.807, 2.05) is 44.2 Å². The molecule has 0 atom stereocenters. The molecule has 0 aliphatic rings. The summed E-state index contributed by atoms with van der Waals surface area (Å²) < 4.78 is 12.4. The Morgan fingerprint density at radius 2 is 1.68 bits per heavy atom. The Morgan fingerprint density at radius 1 is 0.882 bits per heavy atom. The Bertz CT molecular complexity index is 1380. The van der Waals surface area contributed by atoms with Crippen LogP contribution in [0, 0.1) is 13.8 Å². The second-order valence-corrected chi connectivity index (χ2v) is 8.56. The van der Waals surface area contributed by atoms with Gasteiger partial charge in [-0.15, -0.1) is 0 Å². The van der Waals surface area contributed by atoms with Gasteiger partial charge in [0.25, 0.3) is 5.91 Å². The number of benzene rings is 3. The van der Waals surface area contributed by atoms with E-state index in [0.717, 1.165) is 11.1 Å². The van der Waals surface area contributed by atoms with Crippen molar-refractivity contribution in [2.24, 2.45) is 0 Å². The van der Waals surface area contributed by atoms with E-state index in [4.69, 9.17) is 37.8 Å². The maximum absolute atomic E-state index is 13.4. The zero-order valence-corrected chi connectivity index (χ0v) is 20.7. The number of hydrogen-bond donors (Lipinski definition) is 1. The molecule has 8 heteroatoms. The second kappa shape index (κ2) is 9.79. The van der Waals surface area contributed by atoms with Crippen LogP contribution in [0.15, 0.2) is 60.7 Å². The van der Waals surface area contributed by atoms with Crippen LogP contribution in [0.25, 0.3) is 16.9 Å². The molecule has 4 aromatic rings. The molecule has 1 amide bonds. The number of methoxy groups -OCH3 is 2. The van der Waals surface area contributed by atoms with Gasteiger partial charge in [0.2, 0.25) is 0 Å². The lowest BCUT2D eigenvalue weighted by molar-refractivity contribution is 0.101. The molecule has 34 heavy (non-hydrogen) atoms. The van der Waals surface area contributed by atoms with Crippen LogP contribution in [0.5, 0.6) is 11.5 Å². The van der Waals surface area contributed by atoms with Crippen molar-refractivity contribution in [2.75, 3.05) is 19.5 Å². The van der Waals surface area contributed by atoms with Crippen molar-refractivity contribution in [3.05, 3.63) is 87.5 Å². The van der Waals surface area contributed by atoms with Crippen LogP contribution < -0.4 is 14.8 Å². The fourth-order valence-corrected chi connectivity index (χ4v) is 3.80. The van der Waals surface area contributed by atoms with Gasteiger partial charge < -0.3 is 14.8 Å². The minimum Gasteiger partial charge on any atom is -0.497 e. The molecule has 0 bridgehead atoms. The first-order chi connectivity index (χ1) is 16.3. The molecule has 1 aromatic heterocycles. The molecule has 0 radical (unpaired) electrons. The Morgan fingerprint density at radius 3 is 2.35 bits per heavy atom. The van der Waals surface area contributed by atoms with Crippen molar-refractivity contribution in [1.29, 1.82) is 0 Å². The van der Waals surface area contributed by atoms with Crippen LogP contribution in [-0.4, -0.2) is 29.9 Å². The number of rotatable bonds is 6. The summed E-state index contributed by atoms with van der Waals surface area (Å²) in [7, 11) is 3.16. The Labute approximate surface area is 208 Å². The van der Waals surface area contributed by atoms with E-state index in [-0.39, 0.29) is 5.91 Å². The van der Waals surface area contributed by atoms with Crippen molar-refractivity contribution in [3.63, 3.8) is 0 Å². The molecule has 0 saturated carbocycles. The molecule has 0 saturated heterocycles. The van der Waals surface area contributed by atoms with Gasteiger partial charge in [-0.2, -0.15) is 5.10 Å². The lowest BCUT2D eigenvalue weighted by atomic mass is 10.1. The fourth-order valence-electron chi connectivity index (χ4n) is 3.51. The molecule has 6 nitrogen and oxygen atoms in total. The van der Waals surface area contributed by atoms with Crippen LogP contribution in [-0.2, 0) is 0 Å². The van der Waals surface area contributed by atoms with Crippen LogP contribution in [0.2, 0.25) is 10.0 Å². The molecule has 3 aromatic carbocycles. The number of nitrogens with zero attached hydrogens (tertiary/aromatic N) is 2. The first kappa shape index (κ1) is 23.7. The molecule has 0 unspecified atom stereocenters. The number of amides is 1. The summed E-state index contributed by atoms with van der Waals surface area (Å²) in [5.74, 6) is 0.900. The quantitative estimate of drug-likeness (QED) is 0.321. The van der Waals surface area contributed by atoms with Gasteiger partial charge in [0.1, 0.15) is 17.2 Å². The molecular formula is C26H23Cl2N3O3. The number of anilines is 1. The third-order valence-corrected chi connectivity index (χ3v) is 6.28. The van der Waals surface area contributed by atoms with E-state index >= 15 is 0 Å². The number of ether oxygens (including phenoxy) is 2. The van der Waals surface area contributed by atoms with E-state index in [1.54, 1.807) is 44.6 Å². The summed E-state index contributed by atoms with van der Waals surface area (Å²) in [4.78, 5) is 13.4. The van der Waals surface area contributed by atoms with Crippen LogP contribution in [0.3, 0.4) is 0 Å². The third kappa shape index (κ3) is 4.74. The van der Waals surface area contributed by atoms with Crippen LogP contribution in [0.1, 0.15) is 21.6 Å². The predicted molar refractivity (Wildman–Crippen MR) is 136 cm³/mol. The molecule has 0 aliphatic heterocycles. The largest absolute Gasteiger partial charge is 0.497 e. The molecule has 4 rings (SSSR count). The smallest absolute Gasteiger partial charge is 0.274 e. The van der Waals surface area contributed by atoms with Crippen LogP contribution in [0.4, 0.5) is 5.69 Å². The van der Waals surface area contributed by atoms with Gasteiger partial charge in [0.15, 0.2) is 0 Å². The summed E-state index contributed by atoms with van der Waals surface area (Å²) in [5.41, 5.74) is 5.10. The molecule has 174 valence electrons. The van der Waals surface area contributed by atoms with Crippen molar-refractivity contribution >= 4 is 34.8 Å². The minimum atomic E-state index is -0.319. The first-order valence-electron chi connectivity index (χ1n) is 10.5. The normalized spacial score (nSPS) is 10.8. The molecule has 0 fully saturated rings. The van der Waals surface area contributed by atoms with E-state index in [2.05, 4.69) is 5.32 Å². The van der Waals surface area contributed by atoms with E-state index < -0.39 is 0 Å². The summed E-state index contributed by atoms with van der Waals surface area (Å²) >= 11 is 12.4. The van der Waals surface area contributed by atoms with E-state index in [1.165, 1.54) is 4.68 Å². The summed E-state index contributed by atoms with van der Waals surface area (Å²) in [6, 6.07) is 18.0. The number of halogens is 2. The zero-order chi connectivity index (χ0) is 24.4. The van der Waals surface area contributed by atoms with E-state index in [0.29, 0.717) is 49.9 Å². The Balaban J connectivity index is 1.82. The highest BCUT2D eigenvalue weighted by molar-refractivity contribution is 6.42. The number of carbonyl (C=O) groups excluding carboxylic acids is 1. The lowest BCUT2D eigenvalue weighted by Crippen LogP contribution is -2.17. The van der Waals surface area contributed by atoms with Gasteiger partial charge in [0, 0.05) is 17.3 Å². The maximum atomic E-state index is 13.4. The maximum Gasteiger partial charge on any atom is 0.274 e. The average Bonchev–Trinajstić information content (AvgIpc) is 3.28. The molecular weight excluding hydrogens is 473 g/mol. The monoisotopic (exact) mass is 495 g/mol. The van der Waals surface area contributed by atoms with Gasteiger partial charge in [0.05, 0.1) is 35.6 Å². The molecule has 0 aliphatic carbocycles. The number of aromatic nitrogens is 2. The second-order valence-electron chi connectivity index (χ2n) is 7.74. The van der Waals surface area contributed by atoms with Crippen molar-refractivity contribution < 1.29 is 14.3 Å². The first-order valence-corrected chi connectivity index (χ1v) is 11.2. The van der Waals surface area contributed by atoms with Gasteiger partial charge >= 0.3 is 0 Å². The standard InChI is InChI=1S/C26H23Cl2N3O3/c1-15-5-6-17(11-16(15)2)29-26(32)24-14-23(20-9-8-19(33-3)13-25(20)34-4)30-31(24)18-7-10-21(27)22(28)12-18/h5-14H,1-4H3,(H,29,32). The van der Waals surface area contributed by atoms with Crippen molar-refractivity contribution in [3.8, 4) is 28.4 Å². The highest BCUT2D eigenvalue weighted by atomic mass is 35.5. The van der Waals surface area contributed by atoms with Gasteiger partial charge in [-0.1, -0.05) is 29.3 Å². The number of aryl methyl sites for hydroxylation is 2. The summed E-state index contributed by atoms with van der Waals surface area (Å²) in [5, 5.41) is 8.45. The number of hydrogen-bond acceptors (Lipinski definition) is 4. The van der Waals surface area contributed by atoms with Gasteiger partial charge in [-0.05, 0) is 73.5 Å². The molecule has 1 heterocycles. The average molecular weight is 496 g/mol.